The molecule has 2 aliphatic heterocycles. The van der Waals surface area contributed by atoms with Crippen molar-refractivity contribution in [3.63, 3.8) is 0 Å². The quantitative estimate of drug-likeness (QED) is 0.865. The molecule has 0 bridgehead atoms. The van der Waals surface area contributed by atoms with Crippen LogP contribution < -0.4 is 5.73 Å². The second-order valence-corrected chi connectivity index (χ2v) is 9.13. The summed E-state index contributed by atoms with van der Waals surface area (Å²) in [5, 5.41) is 0. The third-order valence-electron chi connectivity index (χ3n) is 7.92. The SMILES string of the molecule is NC(=O)C1([C@@H]2CCCc3ccccc32)CCC2OC3CCCCC3CCN21. The van der Waals surface area contributed by atoms with Crippen LogP contribution in [0, 0.1) is 5.92 Å². The number of amides is 1. The predicted molar refractivity (Wildman–Crippen MR) is 105 cm³/mol. The molecule has 1 saturated carbocycles. The Morgan fingerprint density at radius 3 is 2.81 bits per heavy atom. The molecule has 27 heavy (non-hydrogen) atoms. The molecule has 1 aromatic rings. The Morgan fingerprint density at radius 2 is 1.93 bits per heavy atom. The molecule has 2 aliphatic carbocycles. The Balaban J connectivity index is 1.52. The maximum Gasteiger partial charge on any atom is 0.238 e. The van der Waals surface area contributed by atoms with E-state index < -0.39 is 5.54 Å². The van der Waals surface area contributed by atoms with E-state index in [0.29, 0.717) is 12.0 Å². The number of carbonyl (C=O) groups is 1. The maximum absolute atomic E-state index is 13.0. The summed E-state index contributed by atoms with van der Waals surface area (Å²) in [6.45, 7) is 0.952. The fourth-order valence-electron chi connectivity index (χ4n) is 6.64. The zero-order chi connectivity index (χ0) is 18.4. The number of ether oxygens (including phenoxy) is 1. The van der Waals surface area contributed by atoms with Crippen molar-refractivity contribution in [2.24, 2.45) is 11.7 Å². The molecule has 0 radical (unpaired) electrons. The van der Waals surface area contributed by atoms with Crippen molar-refractivity contribution >= 4 is 5.91 Å². The van der Waals surface area contributed by atoms with Gasteiger partial charge in [-0.15, -0.1) is 0 Å². The van der Waals surface area contributed by atoms with Gasteiger partial charge < -0.3 is 10.5 Å². The van der Waals surface area contributed by atoms with E-state index >= 15 is 0 Å². The highest BCUT2D eigenvalue weighted by atomic mass is 16.5. The first-order valence-electron chi connectivity index (χ1n) is 11.0. The van der Waals surface area contributed by atoms with Crippen LogP contribution in [0.15, 0.2) is 24.3 Å². The predicted octanol–water partition coefficient (Wildman–Crippen LogP) is 3.73. The van der Waals surface area contributed by atoms with Crippen LogP contribution in [0.3, 0.4) is 0 Å². The van der Waals surface area contributed by atoms with Crippen molar-refractivity contribution in [3.8, 4) is 0 Å². The Kier molecular flexibility index (Phi) is 4.52. The van der Waals surface area contributed by atoms with Crippen LogP contribution in [0.5, 0.6) is 0 Å². The fourth-order valence-corrected chi connectivity index (χ4v) is 6.64. The van der Waals surface area contributed by atoms with E-state index in [4.69, 9.17) is 10.5 Å². The summed E-state index contributed by atoms with van der Waals surface area (Å²) in [5.74, 6) is 0.724. The Morgan fingerprint density at radius 1 is 1.07 bits per heavy atom. The Hall–Kier alpha value is -1.39. The number of aryl methyl sites for hydroxylation is 1. The number of carbonyl (C=O) groups excluding carboxylic acids is 1. The van der Waals surface area contributed by atoms with E-state index in [1.54, 1.807) is 0 Å². The van der Waals surface area contributed by atoms with Crippen molar-refractivity contribution in [2.75, 3.05) is 6.54 Å². The molecule has 4 heteroatoms. The molecule has 1 amide bonds. The number of nitrogens with zero attached hydrogens (tertiary/aromatic N) is 1. The van der Waals surface area contributed by atoms with Gasteiger partial charge in [-0.25, -0.2) is 0 Å². The van der Waals surface area contributed by atoms with Gasteiger partial charge in [-0.2, -0.15) is 0 Å². The first-order chi connectivity index (χ1) is 13.2. The van der Waals surface area contributed by atoms with E-state index in [2.05, 4.69) is 29.2 Å². The zero-order valence-electron chi connectivity index (χ0n) is 16.2. The van der Waals surface area contributed by atoms with Gasteiger partial charge in [0.15, 0.2) is 0 Å². The van der Waals surface area contributed by atoms with Gasteiger partial charge in [0, 0.05) is 12.5 Å². The highest BCUT2D eigenvalue weighted by Crippen LogP contribution is 2.51. The molecular weight excluding hydrogens is 336 g/mol. The molecule has 5 rings (SSSR count). The van der Waals surface area contributed by atoms with E-state index in [1.165, 1.54) is 36.8 Å². The highest BCUT2D eigenvalue weighted by Gasteiger charge is 2.57. The first kappa shape index (κ1) is 17.7. The van der Waals surface area contributed by atoms with Gasteiger partial charge in [0.2, 0.25) is 5.91 Å². The average molecular weight is 369 g/mol. The second kappa shape index (κ2) is 6.89. The van der Waals surface area contributed by atoms with Crippen molar-refractivity contribution in [1.29, 1.82) is 0 Å². The van der Waals surface area contributed by atoms with Gasteiger partial charge in [0.05, 0.1) is 6.10 Å². The molecule has 4 unspecified atom stereocenters. The summed E-state index contributed by atoms with van der Waals surface area (Å²) < 4.78 is 6.64. The number of fused-ring (bicyclic) bond motifs is 3. The summed E-state index contributed by atoms with van der Waals surface area (Å²) in [6.07, 6.45) is 11.8. The molecule has 3 fully saturated rings. The molecule has 0 aromatic heterocycles. The molecule has 5 atom stereocenters. The largest absolute Gasteiger partial charge is 0.368 e. The molecule has 4 aliphatic rings. The summed E-state index contributed by atoms with van der Waals surface area (Å²) in [7, 11) is 0. The summed E-state index contributed by atoms with van der Waals surface area (Å²) in [6, 6.07) is 8.70. The smallest absolute Gasteiger partial charge is 0.238 e. The molecule has 1 aromatic carbocycles. The number of benzene rings is 1. The van der Waals surface area contributed by atoms with Crippen LogP contribution >= 0.6 is 0 Å². The maximum atomic E-state index is 13.0. The lowest BCUT2D eigenvalue weighted by Crippen LogP contribution is -2.60. The lowest BCUT2D eigenvalue weighted by molar-refractivity contribution is -0.142. The lowest BCUT2D eigenvalue weighted by atomic mass is 9.69. The van der Waals surface area contributed by atoms with Crippen LogP contribution in [0.2, 0.25) is 0 Å². The second-order valence-electron chi connectivity index (χ2n) is 9.13. The minimum Gasteiger partial charge on any atom is -0.368 e. The number of hydrogen-bond donors (Lipinski definition) is 1. The van der Waals surface area contributed by atoms with E-state index in [0.717, 1.165) is 45.1 Å². The van der Waals surface area contributed by atoms with Crippen molar-refractivity contribution in [3.05, 3.63) is 35.4 Å². The van der Waals surface area contributed by atoms with E-state index in [-0.39, 0.29) is 18.1 Å². The van der Waals surface area contributed by atoms with E-state index in [1.807, 2.05) is 0 Å². The van der Waals surface area contributed by atoms with Gasteiger partial charge in [0.1, 0.15) is 11.8 Å². The average Bonchev–Trinajstić information content (AvgIpc) is 2.95. The number of primary amides is 1. The highest BCUT2D eigenvalue weighted by molar-refractivity contribution is 5.86. The van der Waals surface area contributed by atoms with Crippen LogP contribution in [-0.2, 0) is 16.0 Å². The van der Waals surface area contributed by atoms with Crippen LogP contribution in [0.4, 0.5) is 0 Å². The van der Waals surface area contributed by atoms with Gasteiger partial charge >= 0.3 is 0 Å². The van der Waals surface area contributed by atoms with Gasteiger partial charge in [-0.3, -0.25) is 9.69 Å². The van der Waals surface area contributed by atoms with Crippen LogP contribution in [0.1, 0.15) is 74.8 Å². The van der Waals surface area contributed by atoms with Gasteiger partial charge in [-0.05, 0) is 68.4 Å². The topological polar surface area (TPSA) is 55.6 Å². The van der Waals surface area contributed by atoms with Crippen molar-refractivity contribution in [1.82, 2.24) is 4.90 Å². The fraction of sp³-hybridized carbons (Fsp3) is 0.696. The Labute approximate surface area is 162 Å². The molecule has 2 heterocycles. The van der Waals surface area contributed by atoms with Crippen molar-refractivity contribution in [2.45, 2.75) is 88.0 Å². The van der Waals surface area contributed by atoms with Crippen LogP contribution in [-0.4, -0.2) is 35.2 Å². The minimum absolute atomic E-state index is 0.0692. The monoisotopic (exact) mass is 368 g/mol. The first-order valence-corrected chi connectivity index (χ1v) is 11.0. The summed E-state index contributed by atoms with van der Waals surface area (Å²) >= 11 is 0. The third kappa shape index (κ3) is 2.75. The number of hydrogen-bond acceptors (Lipinski definition) is 3. The molecule has 4 nitrogen and oxygen atoms in total. The van der Waals surface area contributed by atoms with E-state index in [9.17, 15) is 4.79 Å². The summed E-state index contributed by atoms with van der Waals surface area (Å²) in [4.78, 5) is 15.4. The lowest BCUT2D eigenvalue weighted by Gasteiger charge is -2.45. The Bertz CT molecular complexity index is 720. The molecule has 2 N–H and O–H groups in total. The third-order valence-corrected chi connectivity index (χ3v) is 7.92. The molecule has 0 spiro atoms. The number of rotatable bonds is 2. The normalized spacial score (nSPS) is 39.1. The standard InChI is InChI=1S/C23H32N2O2/c24-22(26)23(19-10-5-8-16-6-1-3-9-18(16)19)14-12-21-25(23)15-13-17-7-2-4-11-20(17)27-21/h1,3,6,9,17,19-21H,2,4-5,7-8,10-15H2,(H2,24,26)/t17?,19-,20?,21?,23?/m1/s1. The zero-order valence-corrected chi connectivity index (χ0v) is 16.2. The summed E-state index contributed by atoms with van der Waals surface area (Å²) in [5.41, 5.74) is 8.37. The van der Waals surface area contributed by atoms with Crippen LogP contribution in [0.25, 0.3) is 0 Å². The minimum atomic E-state index is -0.575. The number of nitrogens with two attached hydrogens (primary N) is 1. The van der Waals surface area contributed by atoms with Gasteiger partial charge in [0.25, 0.3) is 0 Å². The van der Waals surface area contributed by atoms with Gasteiger partial charge in [-0.1, -0.05) is 37.1 Å². The molecule has 2 saturated heterocycles. The molecular formula is C23H32N2O2. The van der Waals surface area contributed by atoms with Crippen molar-refractivity contribution < 1.29 is 9.53 Å². The molecule has 146 valence electrons.